The van der Waals surface area contributed by atoms with E-state index in [0.29, 0.717) is 0 Å². The monoisotopic (exact) mass is 488 g/mol. The van der Waals surface area contributed by atoms with Crippen LogP contribution >= 0.6 is 31.9 Å². The molecule has 0 aliphatic heterocycles. The van der Waals surface area contributed by atoms with Crippen molar-refractivity contribution < 1.29 is 0 Å². The number of halogens is 2. The smallest absolute Gasteiger partial charge is 0.0205 e. The summed E-state index contributed by atoms with van der Waals surface area (Å²) in [5, 5.41) is 0. The molecule has 28 heavy (non-hydrogen) atoms. The predicted octanol–water partition coefficient (Wildman–Crippen LogP) is 8.16. The highest BCUT2D eigenvalue weighted by atomic mass is 79.9. The Kier molecular flexibility index (Phi) is 4.70. The summed E-state index contributed by atoms with van der Waals surface area (Å²) in [6.07, 6.45) is 0. The first-order valence-corrected chi connectivity index (χ1v) is 11.0. The summed E-state index contributed by atoms with van der Waals surface area (Å²) >= 11 is 7.36. The third-order valence-corrected chi connectivity index (χ3v) is 6.62. The molecule has 5 rings (SSSR count). The van der Waals surface area contributed by atoms with Crippen molar-refractivity contribution in [2.45, 2.75) is 11.8 Å². The molecule has 2 atom stereocenters. The molecule has 0 heterocycles. The fourth-order valence-corrected chi connectivity index (χ4v) is 5.36. The number of fused-ring (bicyclic) bond motifs is 3. The Hall–Kier alpha value is -2.16. The van der Waals surface area contributed by atoms with Crippen LogP contribution in [-0.2, 0) is 0 Å². The van der Waals surface area contributed by atoms with Crippen molar-refractivity contribution in [3.8, 4) is 11.1 Å². The van der Waals surface area contributed by atoms with E-state index in [-0.39, 0.29) is 11.8 Å². The van der Waals surface area contributed by atoms with E-state index in [4.69, 9.17) is 0 Å². The molecule has 4 aromatic rings. The van der Waals surface area contributed by atoms with E-state index in [9.17, 15) is 0 Å². The van der Waals surface area contributed by atoms with Gasteiger partial charge in [0.15, 0.2) is 0 Å². The van der Waals surface area contributed by atoms with Gasteiger partial charge in [0, 0.05) is 20.8 Å². The average Bonchev–Trinajstić information content (AvgIpc) is 2.73. The summed E-state index contributed by atoms with van der Waals surface area (Å²) in [6, 6.07) is 35.2. The number of rotatable bonds is 2. The summed E-state index contributed by atoms with van der Waals surface area (Å²) in [5.74, 6) is 0.524. The zero-order valence-electron chi connectivity index (χ0n) is 15.1. The van der Waals surface area contributed by atoms with Crippen LogP contribution in [0.3, 0.4) is 0 Å². The lowest BCUT2D eigenvalue weighted by Gasteiger charge is -2.36. The molecule has 4 aromatic carbocycles. The first-order valence-electron chi connectivity index (χ1n) is 9.41. The summed E-state index contributed by atoms with van der Waals surface area (Å²) in [5.41, 5.74) is 8.14. The normalized spacial score (nSPS) is 17.6. The van der Waals surface area contributed by atoms with Crippen LogP contribution < -0.4 is 0 Å². The van der Waals surface area contributed by atoms with Crippen molar-refractivity contribution in [1.29, 1.82) is 0 Å². The molecule has 0 saturated heterocycles. The largest absolute Gasteiger partial charge is 0.0619 e. The maximum atomic E-state index is 3.68. The Balaban J connectivity index is 1.83. The molecule has 1 aliphatic rings. The Morgan fingerprint density at radius 1 is 0.464 bits per heavy atom. The van der Waals surface area contributed by atoms with Crippen molar-refractivity contribution in [1.82, 2.24) is 0 Å². The average molecular weight is 490 g/mol. The summed E-state index contributed by atoms with van der Waals surface area (Å²) in [7, 11) is 0. The van der Waals surface area contributed by atoms with Gasteiger partial charge in [-0.15, -0.1) is 0 Å². The highest BCUT2D eigenvalue weighted by Gasteiger charge is 2.35. The van der Waals surface area contributed by atoms with E-state index < -0.39 is 0 Å². The molecule has 2 unspecified atom stereocenters. The van der Waals surface area contributed by atoms with Gasteiger partial charge in [0.05, 0.1) is 0 Å². The SMILES string of the molecule is Brc1cccc(C2c3ccccc3-c3ccccc3C2c2cccc(Br)c2)c1. The molecule has 0 nitrogen and oxygen atoms in total. The lowest BCUT2D eigenvalue weighted by Crippen LogP contribution is -2.20. The molecule has 0 radical (unpaired) electrons. The highest BCUT2D eigenvalue weighted by molar-refractivity contribution is 9.10. The standard InChI is InChI=1S/C26H18Br2/c27-19-9-5-7-17(15-19)25-23-13-3-1-11-21(23)22-12-2-4-14-24(22)26(25)18-8-6-10-20(28)16-18/h1-16,25-26H. The lowest BCUT2D eigenvalue weighted by atomic mass is 9.66. The van der Waals surface area contributed by atoms with Crippen LogP contribution in [0.4, 0.5) is 0 Å². The third-order valence-electron chi connectivity index (χ3n) is 5.63. The van der Waals surface area contributed by atoms with E-state index in [1.54, 1.807) is 0 Å². The Bertz CT molecular complexity index is 1070. The van der Waals surface area contributed by atoms with Gasteiger partial charge in [0.25, 0.3) is 0 Å². The quantitative estimate of drug-likeness (QED) is 0.266. The van der Waals surface area contributed by atoms with Crippen LogP contribution in [0.15, 0.2) is 106 Å². The van der Waals surface area contributed by atoms with Crippen LogP contribution in [0.5, 0.6) is 0 Å². The molecule has 0 aromatic heterocycles. The fraction of sp³-hybridized carbons (Fsp3) is 0.0769. The molecular formula is C26H18Br2. The minimum absolute atomic E-state index is 0.262. The molecule has 0 saturated carbocycles. The predicted molar refractivity (Wildman–Crippen MR) is 124 cm³/mol. The van der Waals surface area contributed by atoms with Gasteiger partial charge in [0.1, 0.15) is 0 Å². The Morgan fingerprint density at radius 3 is 1.32 bits per heavy atom. The maximum absolute atomic E-state index is 3.68. The Morgan fingerprint density at radius 2 is 0.893 bits per heavy atom. The van der Waals surface area contributed by atoms with Crippen LogP contribution in [0.25, 0.3) is 11.1 Å². The molecule has 2 heteroatoms. The minimum atomic E-state index is 0.262. The molecule has 0 amide bonds. The van der Waals surface area contributed by atoms with E-state index in [1.807, 2.05) is 0 Å². The third kappa shape index (κ3) is 3.05. The van der Waals surface area contributed by atoms with E-state index in [0.717, 1.165) is 8.95 Å². The molecule has 0 spiro atoms. The number of benzene rings is 4. The van der Waals surface area contributed by atoms with Gasteiger partial charge in [-0.25, -0.2) is 0 Å². The number of hydrogen-bond acceptors (Lipinski definition) is 0. The van der Waals surface area contributed by atoms with E-state index in [2.05, 4.69) is 129 Å². The molecule has 1 aliphatic carbocycles. The zero-order chi connectivity index (χ0) is 19.1. The summed E-state index contributed by atoms with van der Waals surface area (Å²) in [6.45, 7) is 0. The first-order chi connectivity index (χ1) is 13.7. The van der Waals surface area contributed by atoms with Gasteiger partial charge in [-0.05, 0) is 57.6 Å². The van der Waals surface area contributed by atoms with E-state index in [1.165, 1.54) is 33.4 Å². The van der Waals surface area contributed by atoms with Crippen LogP contribution in [0.2, 0.25) is 0 Å². The molecule has 0 bridgehead atoms. The first kappa shape index (κ1) is 17.9. The van der Waals surface area contributed by atoms with Gasteiger partial charge < -0.3 is 0 Å². The van der Waals surface area contributed by atoms with Gasteiger partial charge in [-0.3, -0.25) is 0 Å². The Labute approximate surface area is 182 Å². The molecule has 136 valence electrons. The second kappa shape index (κ2) is 7.35. The van der Waals surface area contributed by atoms with Gasteiger partial charge >= 0.3 is 0 Å². The number of hydrogen-bond donors (Lipinski definition) is 0. The van der Waals surface area contributed by atoms with Crippen molar-refractivity contribution in [3.63, 3.8) is 0 Å². The zero-order valence-corrected chi connectivity index (χ0v) is 18.3. The fourth-order valence-electron chi connectivity index (χ4n) is 4.53. The van der Waals surface area contributed by atoms with Gasteiger partial charge in [0.2, 0.25) is 0 Å². The van der Waals surface area contributed by atoms with Crippen LogP contribution in [0, 0.1) is 0 Å². The van der Waals surface area contributed by atoms with Crippen molar-refractivity contribution >= 4 is 31.9 Å². The maximum Gasteiger partial charge on any atom is 0.0205 e. The second-order valence-electron chi connectivity index (χ2n) is 7.24. The van der Waals surface area contributed by atoms with Crippen molar-refractivity contribution in [2.24, 2.45) is 0 Å². The van der Waals surface area contributed by atoms with Crippen molar-refractivity contribution in [2.75, 3.05) is 0 Å². The van der Waals surface area contributed by atoms with Crippen molar-refractivity contribution in [3.05, 3.63) is 128 Å². The molecule has 0 fully saturated rings. The minimum Gasteiger partial charge on any atom is -0.0619 e. The van der Waals surface area contributed by atoms with E-state index >= 15 is 0 Å². The lowest BCUT2D eigenvalue weighted by molar-refractivity contribution is 0.684. The van der Waals surface area contributed by atoms with Crippen LogP contribution in [0.1, 0.15) is 34.1 Å². The highest BCUT2D eigenvalue weighted by Crippen LogP contribution is 2.52. The summed E-state index contributed by atoms with van der Waals surface area (Å²) < 4.78 is 2.24. The van der Waals surface area contributed by atoms with Gasteiger partial charge in [-0.2, -0.15) is 0 Å². The van der Waals surface area contributed by atoms with Gasteiger partial charge in [-0.1, -0.05) is 105 Å². The molecular weight excluding hydrogens is 472 g/mol. The second-order valence-corrected chi connectivity index (χ2v) is 9.07. The molecule has 0 N–H and O–H groups in total. The summed E-state index contributed by atoms with van der Waals surface area (Å²) in [4.78, 5) is 0. The topological polar surface area (TPSA) is 0 Å². The van der Waals surface area contributed by atoms with Crippen LogP contribution in [-0.4, -0.2) is 0 Å².